The molecule has 2 rings (SSSR count). The number of rotatable bonds is 2. The summed E-state index contributed by atoms with van der Waals surface area (Å²) in [5.74, 6) is -1.19. The van der Waals surface area contributed by atoms with E-state index in [2.05, 4.69) is 0 Å². The zero-order valence-electron chi connectivity index (χ0n) is 8.37. The van der Waals surface area contributed by atoms with Crippen LogP contribution in [-0.2, 0) is 10.2 Å². The van der Waals surface area contributed by atoms with Gasteiger partial charge in [-0.3, -0.25) is 4.79 Å². The van der Waals surface area contributed by atoms with Crippen molar-refractivity contribution in [2.45, 2.75) is 31.1 Å². The number of halogens is 1. The van der Waals surface area contributed by atoms with Crippen molar-refractivity contribution in [3.8, 4) is 0 Å². The molecule has 0 amide bonds. The van der Waals surface area contributed by atoms with Crippen LogP contribution in [0.5, 0.6) is 0 Å². The Hall–Kier alpha value is -1.38. The summed E-state index contributed by atoms with van der Waals surface area (Å²) in [7, 11) is 0. The number of hydrogen-bond acceptors (Lipinski definition) is 1. The second-order valence-corrected chi connectivity index (χ2v) is 4.10. The molecule has 1 saturated carbocycles. The molecule has 0 saturated heterocycles. The molecule has 1 fully saturated rings. The highest BCUT2D eigenvalue weighted by Gasteiger charge is 2.42. The van der Waals surface area contributed by atoms with Crippen LogP contribution in [0.15, 0.2) is 24.3 Å². The fourth-order valence-corrected chi connectivity index (χ4v) is 2.39. The summed E-state index contributed by atoms with van der Waals surface area (Å²) >= 11 is 0. The highest BCUT2D eigenvalue weighted by molar-refractivity contribution is 5.81. The molecule has 0 bridgehead atoms. The van der Waals surface area contributed by atoms with E-state index in [4.69, 9.17) is 0 Å². The molecule has 0 unspecified atom stereocenters. The molecule has 0 heterocycles. The van der Waals surface area contributed by atoms with Gasteiger partial charge in [-0.05, 0) is 30.5 Å². The van der Waals surface area contributed by atoms with Crippen LogP contribution >= 0.6 is 0 Å². The highest BCUT2D eigenvalue weighted by atomic mass is 19.1. The normalized spacial score (nSPS) is 19.0. The van der Waals surface area contributed by atoms with E-state index in [1.54, 1.807) is 12.1 Å². The predicted molar refractivity (Wildman–Crippen MR) is 54.2 cm³/mol. The van der Waals surface area contributed by atoms with Crippen molar-refractivity contribution in [3.63, 3.8) is 0 Å². The maximum atomic E-state index is 13.1. The first-order valence-corrected chi connectivity index (χ1v) is 5.15. The van der Waals surface area contributed by atoms with Crippen molar-refractivity contribution in [2.75, 3.05) is 0 Å². The average Bonchev–Trinajstić information content (AvgIpc) is 2.67. The largest absolute Gasteiger partial charge is 0.481 e. The van der Waals surface area contributed by atoms with Crippen LogP contribution in [-0.4, -0.2) is 11.1 Å². The molecule has 1 aromatic rings. The van der Waals surface area contributed by atoms with Gasteiger partial charge in [0.25, 0.3) is 0 Å². The van der Waals surface area contributed by atoms with E-state index in [1.165, 1.54) is 12.1 Å². The molecule has 0 spiro atoms. The number of carbonyl (C=O) groups is 1. The first-order chi connectivity index (χ1) is 7.15. The number of benzene rings is 1. The average molecular weight is 208 g/mol. The minimum Gasteiger partial charge on any atom is -0.481 e. The summed E-state index contributed by atoms with van der Waals surface area (Å²) in [5, 5.41) is 9.29. The van der Waals surface area contributed by atoms with Gasteiger partial charge in [0.2, 0.25) is 0 Å². The van der Waals surface area contributed by atoms with Gasteiger partial charge in [-0.15, -0.1) is 0 Å². The van der Waals surface area contributed by atoms with Crippen molar-refractivity contribution in [1.82, 2.24) is 0 Å². The van der Waals surface area contributed by atoms with Gasteiger partial charge in [0.1, 0.15) is 5.82 Å². The van der Waals surface area contributed by atoms with E-state index in [9.17, 15) is 14.3 Å². The quantitative estimate of drug-likeness (QED) is 0.811. The van der Waals surface area contributed by atoms with Crippen molar-refractivity contribution in [3.05, 3.63) is 35.6 Å². The molecular formula is C12H13FO2. The summed E-state index contributed by atoms with van der Waals surface area (Å²) in [6.45, 7) is 0. The summed E-state index contributed by atoms with van der Waals surface area (Å²) in [6.07, 6.45) is 3.04. The Labute approximate surface area is 87.7 Å². The SMILES string of the molecule is O=C(O)C1(c2cccc(F)c2)CCCC1. The van der Waals surface area contributed by atoms with Gasteiger partial charge in [0.05, 0.1) is 5.41 Å². The molecule has 0 aromatic heterocycles. The summed E-state index contributed by atoms with van der Waals surface area (Å²) in [4.78, 5) is 11.3. The third-order valence-electron chi connectivity index (χ3n) is 3.24. The monoisotopic (exact) mass is 208 g/mol. The number of carboxylic acids is 1. The van der Waals surface area contributed by atoms with Crippen molar-refractivity contribution in [1.29, 1.82) is 0 Å². The van der Waals surface area contributed by atoms with Crippen LogP contribution < -0.4 is 0 Å². The third-order valence-corrected chi connectivity index (χ3v) is 3.24. The van der Waals surface area contributed by atoms with Crippen LogP contribution in [0, 0.1) is 5.82 Å². The van der Waals surface area contributed by atoms with Gasteiger partial charge in [-0.25, -0.2) is 4.39 Å². The molecule has 1 aliphatic rings. The van der Waals surface area contributed by atoms with Crippen LogP contribution in [0.2, 0.25) is 0 Å². The van der Waals surface area contributed by atoms with Gasteiger partial charge >= 0.3 is 5.97 Å². The first-order valence-electron chi connectivity index (χ1n) is 5.15. The first kappa shape index (κ1) is 10.1. The molecule has 1 aliphatic carbocycles. The van der Waals surface area contributed by atoms with Crippen molar-refractivity contribution >= 4 is 5.97 Å². The maximum Gasteiger partial charge on any atom is 0.314 e. The molecule has 1 aromatic carbocycles. The van der Waals surface area contributed by atoms with E-state index in [0.29, 0.717) is 18.4 Å². The smallest absolute Gasteiger partial charge is 0.314 e. The predicted octanol–water partition coefficient (Wildman–Crippen LogP) is 2.72. The van der Waals surface area contributed by atoms with E-state index in [0.717, 1.165) is 12.8 Å². The number of aliphatic carboxylic acids is 1. The Bertz CT molecular complexity index is 381. The molecule has 0 atom stereocenters. The van der Waals surface area contributed by atoms with Gasteiger partial charge in [-0.2, -0.15) is 0 Å². The summed E-state index contributed by atoms with van der Waals surface area (Å²) in [6, 6.07) is 5.98. The number of hydrogen-bond donors (Lipinski definition) is 1. The number of carboxylic acid groups (broad SMARTS) is 1. The molecule has 2 nitrogen and oxygen atoms in total. The Kier molecular flexibility index (Phi) is 2.47. The molecule has 0 aliphatic heterocycles. The van der Waals surface area contributed by atoms with Gasteiger partial charge in [-0.1, -0.05) is 25.0 Å². The van der Waals surface area contributed by atoms with Gasteiger partial charge in [0.15, 0.2) is 0 Å². The van der Waals surface area contributed by atoms with E-state index < -0.39 is 11.4 Å². The van der Waals surface area contributed by atoms with Crippen LogP contribution in [0.3, 0.4) is 0 Å². The molecule has 15 heavy (non-hydrogen) atoms. The Balaban J connectivity index is 2.45. The Morgan fingerprint density at radius 2 is 2.00 bits per heavy atom. The lowest BCUT2D eigenvalue weighted by Gasteiger charge is -2.24. The molecule has 3 heteroatoms. The van der Waals surface area contributed by atoms with E-state index in [-0.39, 0.29) is 5.82 Å². The van der Waals surface area contributed by atoms with Crippen molar-refractivity contribution in [2.24, 2.45) is 0 Å². The van der Waals surface area contributed by atoms with Crippen LogP contribution in [0.1, 0.15) is 31.2 Å². The summed E-state index contributed by atoms with van der Waals surface area (Å²) in [5.41, 5.74) is -0.241. The molecule has 0 radical (unpaired) electrons. The third kappa shape index (κ3) is 1.62. The second kappa shape index (κ2) is 3.65. The fourth-order valence-electron chi connectivity index (χ4n) is 2.39. The Morgan fingerprint density at radius 1 is 1.33 bits per heavy atom. The molecule has 80 valence electrons. The lowest BCUT2D eigenvalue weighted by Crippen LogP contribution is -2.32. The molecular weight excluding hydrogens is 195 g/mol. The minimum absolute atomic E-state index is 0.361. The summed E-state index contributed by atoms with van der Waals surface area (Å²) < 4.78 is 13.1. The van der Waals surface area contributed by atoms with Crippen LogP contribution in [0.4, 0.5) is 4.39 Å². The lowest BCUT2D eigenvalue weighted by molar-refractivity contribution is -0.143. The Morgan fingerprint density at radius 3 is 2.53 bits per heavy atom. The highest BCUT2D eigenvalue weighted by Crippen LogP contribution is 2.41. The van der Waals surface area contributed by atoms with E-state index >= 15 is 0 Å². The second-order valence-electron chi connectivity index (χ2n) is 4.10. The molecule has 1 N–H and O–H groups in total. The van der Waals surface area contributed by atoms with Crippen LogP contribution in [0.25, 0.3) is 0 Å². The lowest BCUT2D eigenvalue weighted by atomic mass is 9.79. The van der Waals surface area contributed by atoms with Gasteiger partial charge < -0.3 is 5.11 Å². The van der Waals surface area contributed by atoms with Gasteiger partial charge in [0, 0.05) is 0 Å². The zero-order chi connectivity index (χ0) is 10.9. The minimum atomic E-state index is -0.845. The van der Waals surface area contributed by atoms with E-state index in [1.807, 2.05) is 0 Å². The van der Waals surface area contributed by atoms with Crippen molar-refractivity contribution < 1.29 is 14.3 Å². The fraction of sp³-hybridized carbons (Fsp3) is 0.417. The zero-order valence-corrected chi connectivity index (χ0v) is 8.37. The topological polar surface area (TPSA) is 37.3 Å². The standard InChI is InChI=1S/C12H13FO2/c13-10-5-3-4-9(8-10)12(11(14)15)6-1-2-7-12/h3-5,8H,1-2,6-7H2,(H,14,15). The maximum absolute atomic E-state index is 13.1.